The molecule has 8 heteroatoms. The summed E-state index contributed by atoms with van der Waals surface area (Å²) in [5.74, 6) is 1.48. The second-order valence-electron chi connectivity index (χ2n) is 10.1. The average molecular weight is 586 g/mol. The number of nitrogens with one attached hydrogen (secondary N) is 1. The normalized spacial score (nSPS) is 14.5. The highest BCUT2D eigenvalue weighted by Gasteiger charge is 2.47. The van der Waals surface area contributed by atoms with Gasteiger partial charge >= 0.3 is 0 Å². The number of ether oxygens (including phenoxy) is 7. The van der Waals surface area contributed by atoms with E-state index >= 15 is 0 Å². The van der Waals surface area contributed by atoms with Crippen molar-refractivity contribution >= 4 is 0 Å². The Morgan fingerprint density at radius 3 is 1.77 bits per heavy atom. The first kappa shape index (κ1) is 30.2. The molecule has 5 rings (SSSR count). The van der Waals surface area contributed by atoms with Gasteiger partial charge in [-0.3, -0.25) is 0 Å². The van der Waals surface area contributed by atoms with Crippen LogP contribution in [0.25, 0.3) is 0 Å². The Morgan fingerprint density at radius 1 is 0.651 bits per heavy atom. The lowest BCUT2D eigenvalue weighted by molar-refractivity contribution is -0.238. The fourth-order valence-corrected chi connectivity index (χ4v) is 5.67. The summed E-state index contributed by atoms with van der Waals surface area (Å²) in [7, 11) is 8.00. The van der Waals surface area contributed by atoms with E-state index in [9.17, 15) is 0 Å². The zero-order valence-corrected chi connectivity index (χ0v) is 25.3. The van der Waals surface area contributed by atoms with Gasteiger partial charge in [-0.1, -0.05) is 60.7 Å². The van der Waals surface area contributed by atoms with Crippen LogP contribution < -0.4 is 29.0 Å². The van der Waals surface area contributed by atoms with Gasteiger partial charge in [0.25, 0.3) is 0 Å². The Bertz CT molecular complexity index is 1490. The van der Waals surface area contributed by atoms with Crippen LogP contribution in [0.5, 0.6) is 28.7 Å². The summed E-state index contributed by atoms with van der Waals surface area (Å²) in [5, 5.41) is 3.64. The molecule has 1 unspecified atom stereocenters. The van der Waals surface area contributed by atoms with E-state index in [0.29, 0.717) is 54.1 Å². The molecule has 1 atom stereocenters. The van der Waals surface area contributed by atoms with Gasteiger partial charge in [-0.05, 0) is 59.5 Å². The summed E-state index contributed by atoms with van der Waals surface area (Å²) in [5.41, 5.74) is 4.87. The van der Waals surface area contributed by atoms with Gasteiger partial charge in [0.05, 0.1) is 32.9 Å². The lowest BCUT2D eigenvalue weighted by Crippen LogP contribution is -2.48. The molecule has 0 saturated heterocycles. The molecule has 43 heavy (non-hydrogen) atoms. The topological polar surface area (TPSA) is 76.6 Å². The number of hydrogen-bond acceptors (Lipinski definition) is 8. The highest BCUT2D eigenvalue weighted by atomic mass is 16.7. The van der Waals surface area contributed by atoms with Crippen molar-refractivity contribution in [3.63, 3.8) is 0 Å². The van der Waals surface area contributed by atoms with Gasteiger partial charge in [0.1, 0.15) is 13.2 Å². The third-order valence-corrected chi connectivity index (χ3v) is 7.80. The fraction of sp³-hybridized carbons (Fsp3) is 0.314. The molecule has 0 fully saturated rings. The monoisotopic (exact) mass is 585 g/mol. The van der Waals surface area contributed by atoms with Crippen molar-refractivity contribution in [1.29, 1.82) is 0 Å². The Kier molecular flexibility index (Phi) is 9.72. The summed E-state index contributed by atoms with van der Waals surface area (Å²) in [6.45, 7) is 1.51. The largest absolute Gasteiger partial charge is 0.493 e. The molecule has 0 amide bonds. The highest BCUT2D eigenvalue weighted by Crippen LogP contribution is 2.51. The second-order valence-corrected chi connectivity index (χ2v) is 10.1. The minimum atomic E-state index is -1.29. The Labute approximate surface area is 253 Å². The molecular weight excluding hydrogens is 546 g/mol. The molecular formula is C35H39NO7. The molecule has 8 nitrogen and oxygen atoms in total. The summed E-state index contributed by atoms with van der Waals surface area (Å²) < 4.78 is 42.4. The number of rotatable bonds is 13. The third kappa shape index (κ3) is 6.13. The minimum Gasteiger partial charge on any atom is -0.493 e. The van der Waals surface area contributed by atoms with Gasteiger partial charge in [-0.15, -0.1) is 0 Å². The molecule has 0 aliphatic carbocycles. The molecule has 1 aliphatic rings. The number of fused-ring (bicyclic) bond motifs is 1. The van der Waals surface area contributed by atoms with Crippen molar-refractivity contribution in [3.05, 3.63) is 113 Å². The molecule has 4 aromatic carbocycles. The smallest absolute Gasteiger partial charge is 0.218 e. The first-order valence-electron chi connectivity index (χ1n) is 14.2. The minimum absolute atomic E-state index is 0.391. The van der Waals surface area contributed by atoms with Gasteiger partial charge in [-0.2, -0.15) is 0 Å². The quantitative estimate of drug-likeness (QED) is 0.186. The Hall–Kier alpha value is -4.24. The molecule has 0 spiro atoms. The fourth-order valence-electron chi connectivity index (χ4n) is 5.67. The number of hydrogen-bond donors (Lipinski definition) is 1. The lowest BCUT2D eigenvalue weighted by Gasteiger charge is -2.42. The van der Waals surface area contributed by atoms with E-state index in [4.69, 9.17) is 33.2 Å². The molecule has 1 heterocycles. The third-order valence-electron chi connectivity index (χ3n) is 7.80. The van der Waals surface area contributed by atoms with Crippen molar-refractivity contribution in [3.8, 4) is 28.7 Å². The Morgan fingerprint density at radius 2 is 1.23 bits per heavy atom. The molecule has 4 aromatic rings. The van der Waals surface area contributed by atoms with Crippen LogP contribution in [0, 0.1) is 0 Å². The van der Waals surface area contributed by atoms with Crippen LogP contribution in [0.15, 0.2) is 84.9 Å². The van der Waals surface area contributed by atoms with Gasteiger partial charge in [-0.25, -0.2) is 0 Å². The van der Waals surface area contributed by atoms with Crippen LogP contribution in [0.3, 0.4) is 0 Å². The summed E-state index contributed by atoms with van der Waals surface area (Å²) in [6, 6.07) is 27.6. The summed E-state index contributed by atoms with van der Waals surface area (Å²) >= 11 is 0. The zero-order chi connectivity index (χ0) is 30.2. The highest BCUT2D eigenvalue weighted by molar-refractivity contribution is 5.58. The number of methoxy groups -OCH3 is 5. The van der Waals surface area contributed by atoms with Crippen molar-refractivity contribution < 1.29 is 33.2 Å². The SMILES string of the molecule is COc1ccc(C(OC)(OC)C2NCCc3cc(OCc4ccccc4)c(OCc4ccccc4)cc32)c(OC)c1OC. The van der Waals surface area contributed by atoms with Crippen LogP contribution in [0.2, 0.25) is 0 Å². The lowest BCUT2D eigenvalue weighted by atomic mass is 9.84. The van der Waals surface area contributed by atoms with Gasteiger partial charge < -0.3 is 38.5 Å². The van der Waals surface area contributed by atoms with Crippen molar-refractivity contribution in [2.45, 2.75) is 31.5 Å². The predicted octanol–water partition coefficient (Wildman–Crippen LogP) is 6.20. The zero-order valence-electron chi connectivity index (χ0n) is 25.3. The molecule has 1 N–H and O–H groups in total. The number of benzene rings is 4. The van der Waals surface area contributed by atoms with Crippen molar-refractivity contribution in [1.82, 2.24) is 5.32 Å². The van der Waals surface area contributed by atoms with E-state index in [-0.39, 0.29) is 0 Å². The first-order valence-corrected chi connectivity index (χ1v) is 14.2. The van der Waals surface area contributed by atoms with Gasteiger partial charge in [0.2, 0.25) is 11.5 Å². The summed E-state index contributed by atoms with van der Waals surface area (Å²) in [6.07, 6.45) is 0.791. The van der Waals surface area contributed by atoms with Gasteiger partial charge in [0, 0.05) is 14.2 Å². The Balaban J connectivity index is 1.59. The van der Waals surface area contributed by atoms with Crippen molar-refractivity contribution in [2.24, 2.45) is 0 Å². The van der Waals surface area contributed by atoms with E-state index in [2.05, 4.69) is 11.4 Å². The molecule has 226 valence electrons. The van der Waals surface area contributed by atoms with E-state index in [1.807, 2.05) is 78.9 Å². The first-order chi connectivity index (χ1) is 21.1. The van der Waals surface area contributed by atoms with Crippen LogP contribution >= 0.6 is 0 Å². The van der Waals surface area contributed by atoms with Gasteiger partial charge in [0.15, 0.2) is 23.0 Å². The molecule has 0 radical (unpaired) electrons. The van der Waals surface area contributed by atoms with E-state index in [1.165, 1.54) is 0 Å². The van der Waals surface area contributed by atoms with Crippen LogP contribution in [0.1, 0.15) is 33.9 Å². The standard InChI is InChI=1S/C35H39NO7/c1-37-29-17-16-28(32(38-2)33(29)39-3)35(40-4,41-5)34-27-21-31(43-23-25-14-10-7-11-15-25)30(20-26(27)18-19-36-34)42-22-24-12-8-6-9-13-24/h6-17,20-21,34,36H,18-19,22-23H2,1-5H3. The molecule has 0 saturated carbocycles. The molecule has 0 bridgehead atoms. The predicted molar refractivity (Wildman–Crippen MR) is 164 cm³/mol. The van der Waals surface area contributed by atoms with E-state index in [1.54, 1.807) is 35.5 Å². The van der Waals surface area contributed by atoms with Crippen molar-refractivity contribution in [2.75, 3.05) is 42.1 Å². The maximum Gasteiger partial charge on any atom is 0.218 e. The second kappa shape index (κ2) is 13.8. The molecule has 0 aromatic heterocycles. The van der Waals surface area contributed by atoms with Crippen LogP contribution in [-0.2, 0) is 34.9 Å². The van der Waals surface area contributed by atoms with E-state index in [0.717, 1.165) is 28.7 Å². The van der Waals surface area contributed by atoms with E-state index < -0.39 is 11.8 Å². The maximum atomic E-state index is 6.43. The maximum absolute atomic E-state index is 6.43. The average Bonchev–Trinajstić information content (AvgIpc) is 3.07. The summed E-state index contributed by atoms with van der Waals surface area (Å²) in [4.78, 5) is 0. The van der Waals surface area contributed by atoms with Crippen LogP contribution in [-0.4, -0.2) is 42.1 Å². The molecule has 1 aliphatic heterocycles. The van der Waals surface area contributed by atoms with Crippen LogP contribution in [0.4, 0.5) is 0 Å².